The van der Waals surface area contributed by atoms with Gasteiger partial charge in [-0.15, -0.1) is 0 Å². The summed E-state index contributed by atoms with van der Waals surface area (Å²) in [5.74, 6) is -0.211. The molecule has 0 fully saturated rings. The van der Waals surface area contributed by atoms with Crippen LogP contribution in [-0.4, -0.2) is 21.6 Å². The van der Waals surface area contributed by atoms with E-state index in [1.807, 2.05) is 12.1 Å². The van der Waals surface area contributed by atoms with Crippen molar-refractivity contribution in [2.24, 2.45) is 0 Å². The highest BCUT2D eigenvalue weighted by Gasteiger charge is 2.26. The zero-order chi connectivity index (χ0) is 14.1. The number of nitrogens with zero attached hydrogens (tertiary/aromatic N) is 2. The van der Waals surface area contributed by atoms with E-state index < -0.39 is 0 Å². The molecule has 0 unspecified atom stereocenters. The highest BCUT2D eigenvalue weighted by atomic mass is 16.2. The molecule has 2 aromatic rings. The van der Waals surface area contributed by atoms with Crippen molar-refractivity contribution in [1.29, 1.82) is 0 Å². The highest BCUT2D eigenvalue weighted by Crippen LogP contribution is 2.23. The lowest BCUT2D eigenvalue weighted by molar-refractivity contribution is 0.0745. The fraction of sp³-hybridized carbons (Fsp3) is 0.188. The number of carbonyl (C=O) groups excluding carboxylic acids is 2. The van der Waals surface area contributed by atoms with E-state index in [4.69, 9.17) is 0 Å². The van der Waals surface area contributed by atoms with Crippen LogP contribution in [0.25, 0.3) is 0 Å². The fourth-order valence-electron chi connectivity index (χ4n) is 2.49. The summed E-state index contributed by atoms with van der Waals surface area (Å²) in [7, 11) is 0. The second-order valence-corrected chi connectivity index (χ2v) is 4.87. The summed E-state index contributed by atoms with van der Waals surface area (Å²) in [6, 6.07) is 10.8. The van der Waals surface area contributed by atoms with Crippen molar-refractivity contribution in [2.45, 2.75) is 20.0 Å². The number of Topliss-reactive ketones (excluding diaryl/α,β-unsaturated/α-hetero) is 1. The topological polar surface area (TPSA) is 50.3 Å². The lowest BCUT2D eigenvalue weighted by Gasteiger charge is -2.16. The zero-order valence-electron chi connectivity index (χ0n) is 11.2. The van der Waals surface area contributed by atoms with Gasteiger partial charge in [-0.05, 0) is 24.6 Å². The summed E-state index contributed by atoms with van der Waals surface area (Å²) in [6.45, 7) is 2.53. The van der Waals surface area contributed by atoms with Gasteiger partial charge in [-0.3, -0.25) is 14.6 Å². The predicted octanol–water partition coefficient (Wildman–Crippen LogP) is 2.44. The largest absolute Gasteiger partial charge is 0.328 e. The average molecular weight is 266 g/mol. The van der Waals surface area contributed by atoms with Crippen molar-refractivity contribution in [1.82, 2.24) is 9.88 Å². The average Bonchev–Trinajstić information content (AvgIpc) is 2.90. The van der Waals surface area contributed by atoms with Gasteiger partial charge in [0.2, 0.25) is 0 Å². The van der Waals surface area contributed by atoms with Crippen molar-refractivity contribution in [3.05, 3.63) is 65.0 Å². The summed E-state index contributed by atoms with van der Waals surface area (Å²) < 4.78 is 0. The molecule has 1 amide bonds. The third-order valence-electron chi connectivity index (χ3n) is 3.51. The second-order valence-electron chi connectivity index (χ2n) is 4.87. The Bertz CT molecular complexity index is 669. The number of pyridine rings is 1. The number of carbonyl (C=O) groups is 2. The number of benzene rings is 1. The van der Waals surface area contributed by atoms with Crippen LogP contribution in [0.4, 0.5) is 0 Å². The van der Waals surface area contributed by atoms with Crippen molar-refractivity contribution in [3.8, 4) is 0 Å². The highest BCUT2D eigenvalue weighted by molar-refractivity contribution is 6.07. The van der Waals surface area contributed by atoms with Crippen molar-refractivity contribution < 1.29 is 9.59 Å². The van der Waals surface area contributed by atoms with Gasteiger partial charge in [0.1, 0.15) is 0 Å². The molecule has 0 saturated carbocycles. The summed E-state index contributed by atoms with van der Waals surface area (Å²) >= 11 is 0. The van der Waals surface area contributed by atoms with Crippen molar-refractivity contribution >= 4 is 11.7 Å². The minimum Gasteiger partial charge on any atom is -0.328 e. The SMILES string of the molecule is CC(=O)c1ccccc1C(=O)N1Cc2cccnc2C1. The molecule has 1 aromatic carbocycles. The van der Waals surface area contributed by atoms with E-state index in [0.29, 0.717) is 24.2 Å². The van der Waals surface area contributed by atoms with E-state index in [1.54, 1.807) is 35.4 Å². The Morgan fingerprint density at radius 3 is 2.50 bits per heavy atom. The molecule has 4 nitrogen and oxygen atoms in total. The quantitative estimate of drug-likeness (QED) is 0.784. The van der Waals surface area contributed by atoms with Crippen molar-refractivity contribution in [3.63, 3.8) is 0 Å². The van der Waals surface area contributed by atoms with Crippen molar-refractivity contribution in [2.75, 3.05) is 0 Å². The van der Waals surface area contributed by atoms with Crippen LogP contribution in [-0.2, 0) is 13.1 Å². The molecule has 4 heteroatoms. The van der Waals surface area contributed by atoms with E-state index in [9.17, 15) is 9.59 Å². The van der Waals surface area contributed by atoms with E-state index in [2.05, 4.69) is 4.98 Å². The number of hydrogen-bond acceptors (Lipinski definition) is 3. The molecule has 1 aliphatic rings. The van der Waals surface area contributed by atoms with Crippen LogP contribution in [0.3, 0.4) is 0 Å². The fourth-order valence-corrected chi connectivity index (χ4v) is 2.49. The molecular weight excluding hydrogens is 252 g/mol. The molecule has 0 atom stereocenters. The molecule has 0 N–H and O–H groups in total. The molecule has 0 saturated heterocycles. The normalized spacial score (nSPS) is 13.2. The first-order valence-corrected chi connectivity index (χ1v) is 6.49. The zero-order valence-corrected chi connectivity index (χ0v) is 11.2. The maximum Gasteiger partial charge on any atom is 0.255 e. The molecule has 0 bridgehead atoms. The van der Waals surface area contributed by atoms with E-state index in [1.165, 1.54) is 6.92 Å². The predicted molar refractivity (Wildman–Crippen MR) is 74.3 cm³/mol. The Balaban J connectivity index is 1.91. The monoisotopic (exact) mass is 266 g/mol. The minimum atomic E-state index is -0.117. The molecule has 2 heterocycles. The maximum absolute atomic E-state index is 12.6. The summed E-state index contributed by atoms with van der Waals surface area (Å²) in [6.07, 6.45) is 1.73. The summed E-state index contributed by atoms with van der Waals surface area (Å²) in [5.41, 5.74) is 2.94. The number of ketones is 1. The molecule has 1 aromatic heterocycles. The second kappa shape index (κ2) is 4.89. The minimum absolute atomic E-state index is 0.0937. The number of fused-ring (bicyclic) bond motifs is 1. The van der Waals surface area contributed by atoms with Gasteiger partial charge in [-0.1, -0.05) is 24.3 Å². The lowest BCUT2D eigenvalue weighted by atomic mass is 10.0. The summed E-state index contributed by atoms with van der Waals surface area (Å²) in [4.78, 5) is 30.2. The van der Waals surface area contributed by atoms with Crippen LogP contribution in [0, 0.1) is 0 Å². The Kier molecular flexibility index (Phi) is 3.06. The molecule has 1 aliphatic heterocycles. The Hall–Kier alpha value is -2.49. The first-order valence-electron chi connectivity index (χ1n) is 6.49. The van der Waals surface area contributed by atoms with Gasteiger partial charge < -0.3 is 4.90 Å². The number of rotatable bonds is 2. The molecule has 20 heavy (non-hydrogen) atoms. The van der Waals surface area contributed by atoms with Gasteiger partial charge in [-0.2, -0.15) is 0 Å². The number of hydrogen-bond donors (Lipinski definition) is 0. The third kappa shape index (κ3) is 2.09. The molecule has 3 rings (SSSR count). The van der Waals surface area contributed by atoms with Crippen LogP contribution in [0.15, 0.2) is 42.6 Å². The summed E-state index contributed by atoms with van der Waals surface area (Å²) in [5, 5.41) is 0. The lowest BCUT2D eigenvalue weighted by Crippen LogP contribution is -2.26. The molecule has 0 aliphatic carbocycles. The Morgan fingerprint density at radius 2 is 1.80 bits per heavy atom. The van der Waals surface area contributed by atoms with Crippen LogP contribution in [0.5, 0.6) is 0 Å². The van der Waals surface area contributed by atoms with Crippen LogP contribution in [0.2, 0.25) is 0 Å². The number of aromatic nitrogens is 1. The third-order valence-corrected chi connectivity index (χ3v) is 3.51. The first kappa shape index (κ1) is 12.5. The van der Waals surface area contributed by atoms with Gasteiger partial charge >= 0.3 is 0 Å². The Morgan fingerprint density at radius 1 is 1.05 bits per heavy atom. The van der Waals surface area contributed by atoms with Gasteiger partial charge in [0.15, 0.2) is 5.78 Å². The smallest absolute Gasteiger partial charge is 0.255 e. The standard InChI is InChI=1S/C16H14N2O2/c1-11(19)13-6-2-3-7-14(13)16(20)18-9-12-5-4-8-17-15(12)10-18/h2-8H,9-10H2,1H3. The van der Waals surface area contributed by atoms with Crippen LogP contribution in [0.1, 0.15) is 38.9 Å². The van der Waals surface area contributed by atoms with E-state index >= 15 is 0 Å². The maximum atomic E-state index is 12.6. The van der Waals surface area contributed by atoms with E-state index in [-0.39, 0.29) is 11.7 Å². The Labute approximate surface area is 117 Å². The molecule has 0 radical (unpaired) electrons. The van der Waals surface area contributed by atoms with E-state index in [0.717, 1.165) is 11.3 Å². The van der Waals surface area contributed by atoms with Gasteiger partial charge in [0.05, 0.1) is 17.8 Å². The van der Waals surface area contributed by atoms with Gasteiger partial charge in [-0.25, -0.2) is 0 Å². The molecule has 100 valence electrons. The first-order chi connectivity index (χ1) is 9.66. The van der Waals surface area contributed by atoms with Gasteiger partial charge in [0, 0.05) is 18.3 Å². The molecular formula is C16H14N2O2. The molecule has 0 spiro atoms. The number of amides is 1. The van der Waals surface area contributed by atoms with Gasteiger partial charge in [0.25, 0.3) is 5.91 Å². The van der Waals surface area contributed by atoms with Crippen LogP contribution >= 0.6 is 0 Å². The van der Waals surface area contributed by atoms with Crippen LogP contribution < -0.4 is 0 Å².